The standard InChI is InChI=1S/C21H33N5O2/c1-3-22-21(23-10-6-13-27-15-18-9-14-28-16-18)24-11-12-26-17(2)25-19-7-4-5-8-20(19)26/h4-5,7-8,18H,3,6,9-16H2,1-2H3,(H2,22,23,24). The van der Waals surface area contributed by atoms with Crippen molar-refractivity contribution >= 4 is 17.0 Å². The van der Waals surface area contributed by atoms with Gasteiger partial charge in [0.1, 0.15) is 5.82 Å². The lowest BCUT2D eigenvalue weighted by Gasteiger charge is -2.13. The van der Waals surface area contributed by atoms with E-state index in [4.69, 9.17) is 9.47 Å². The molecule has 154 valence electrons. The Kier molecular flexibility index (Phi) is 8.11. The van der Waals surface area contributed by atoms with Crippen molar-refractivity contribution < 1.29 is 9.47 Å². The lowest BCUT2D eigenvalue weighted by atomic mass is 10.1. The van der Waals surface area contributed by atoms with Crippen molar-refractivity contribution in [3.05, 3.63) is 30.1 Å². The molecule has 0 aliphatic carbocycles. The van der Waals surface area contributed by atoms with Gasteiger partial charge in [0.15, 0.2) is 5.96 Å². The highest BCUT2D eigenvalue weighted by Crippen LogP contribution is 2.15. The number of fused-ring (bicyclic) bond motifs is 1. The van der Waals surface area contributed by atoms with E-state index in [9.17, 15) is 0 Å². The molecule has 0 spiro atoms. The minimum absolute atomic E-state index is 0.574. The van der Waals surface area contributed by atoms with Gasteiger partial charge in [-0.05, 0) is 38.8 Å². The first-order valence-corrected chi connectivity index (χ1v) is 10.4. The van der Waals surface area contributed by atoms with Crippen LogP contribution in [0, 0.1) is 12.8 Å². The van der Waals surface area contributed by atoms with E-state index in [2.05, 4.69) is 57.2 Å². The van der Waals surface area contributed by atoms with E-state index in [-0.39, 0.29) is 0 Å². The third-order valence-corrected chi connectivity index (χ3v) is 4.91. The SMILES string of the molecule is CCNC(=NCCCOCC1CCOC1)NCCn1c(C)nc2ccccc21. The van der Waals surface area contributed by atoms with E-state index in [1.165, 1.54) is 5.52 Å². The van der Waals surface area contributed by atoms with E-state index in [0.717, 1.165) is 82.7 Å². The fourth-order valence-electron chi connectivity index (χ4n) is 3.43. The van der Waals surface area contributed by atoms with Crippen LogP contribution in [0.4, 0.5) is 0 Å². The van der Waals surface area contributed by atoms with Crippen LogP contribution in [0.5, 0.6) is 0 Å². The molecule has 2 aromatic rings. The van der Waals surface area contributed by atoms with Crippen LogP contribution < -0.4 is 10.6 Å². The number of hydrogen-bond acceptors (Lipinski definition) is 4. The van der Waals surface area contributed by atoms with Crippen LogP contribution in [-0.2, 0) is 16.0 Å². The lowest BCUT2D eigenvalue weighted by molar-refractivity contribution is 0.0893. The number of nitrogens with zero attached hydrogens (tertiary/aromatic N) is 3. The molecule has 3 rings (SSSR count). The fraction of sp³-hybridized carbons (Fsp3) is 0.619. The highest BCUT2D eigenvalue weighted by Gasteiger charge is 2.15. The number of aryl methyl sites for hydroxylation is 1. The molecule has 28 heavy (non-hydrogen) atoms. The molecule has 7 heteroatoms. The van der Waals surface area contributed by atoms with Gasteiger partial charge in [0, 0.05) is 45.3 Å². The van der Waals surface area contributed by atoms with E-state index < -0.39 is 0 Å². The van der Waals surface area contributed by atoms with E-state index in [0.29, 0.717) is 5.92 Å². The minimum Gasteiger partial charge on any atom is -0.381 e. The Labute approximate surface area is 167 Å². The van der Waals surface area contributed by atoms with Crippen molar-refractivity contribution in [3.8, 4) is 0 Å². The zero-order valence-electron chi connectivity index (χ0n) is 17.1. The van der Waals surface area contributed by atoms with E-state index >= 15 is 0 Å². The maximum absolute atomic E-state index is 5.74. The van der Waals surface area contributed by atoms with Crippen LogP contribution in [0.2, 0.25) is 0 Å². The van der Waals surface area contributed by atoms with Crippen LogP contribution in [0.25, 0.3) is 11.0 Å². The van der Waals surface area contributed by atoms with E-state index in [1.807, 2.05) is 6.07 Å². The summed E-state index contributed by atoms with van der Waals surface area (Å²) in [5, 5.41) is 6.73. The van der Waals surface area contributed by atoms with Gasteiger partial charge in [0.2, 0.25) is 0 Å². The monoisotopic (exact) mass is 387 g/mol. The molecule has 1 aliphatic rings. The number of ether oxygens (including phenoxy) is 2. The van der Waals surface area contributed by atoms with Crippen molar-refractivity contribution in [1.29, 1.82) is 0 Å². The summed E-state index contributed by atoms with van der Waals surface area (Å²) in [6, 6.07) is 8.26. The smallest absolute Gasteiger partial charge is 0.191 e. The summed E-state index contributed by atoms with van der Waals surface area (Å²) in [4.78, 5) is 9.27. The van der Waals surface area contributed by atoms with Crippen molar-refractivity contribution in [2.45, 2.75) is 33.2 Å². The molecule has 0 amide bonds. The van der Waals surface area contributed by atoms with Crippen LogP contribution >= 0.6 is 0 Å². The van der Waals surface area contributed by atoms with Crippen molar-refractivity contribution in [1.82, 2.24) is 20.2 Å². The van der Waals surface area contributed by atoms with Gasteiger partial charge in [-0.1, -0.05) is 12.1 Å². The Morgan fingerprint density at radius 2 is 2.25 bits per heavy atom. The third-order valence-electron chi connectivity index (χ3n) is 4.91. The molecular weight excluding hydrogens is 354 g/mol. The summed E-state index contributed by atoms with van der Waals surface area (Å²) >= 11 is 0. The van der Waals surface area contributed by atoms with Crippen LogP contribution in [0.3, 0.4) is 0 Å². The number of para-hydroxylation sites is 2. The number of rotatable bonds is 10. The Bertz CT molecular complexity index is 752. The van der Waals surface area contributed by atoms with Crippen molar-refractivity contribution in [2.75, 3.05) is 46.1 Å². The summed E-state index contributed by atoms with van der Waals surface area (Å²) < 4.78 is 13.4. The Hall–Kier alpha value is -2.12. The van der Waals surface area contributed by atoms with Gasteiger partial charge in [-0.3, -0.25) is 4.99 Å². The van der Waals surface area contributed by atoms with Crippen molar-refractivity contribution in [2.24, 2.45) is 10.9 Å². The number of guanidine groups is 1. The Balaban J connectivity index is 1.39. The summed E-state index contributed by atoms with van der Waals surface area (Å²) in [5.41, 5.74) is 2.22. The topological polar surface area (TPSA) is 72.7 Å². The van der Waals surface area contributed by atoms with Gasteiger partial charge < -0.3 is 24.7 Å². The molecule has 2 N–H and O–H groups in total. The second-order valence-corrected chi connectivity index (χ2v) is 7.14. The molecule has 1 saturated heterocycles. The van der Waals surface area contributed by atoms with Gasteiger partial charge in [0.25, 0.3) is 0 Å². The molecule has 1 unspecified atom stereocenters. The molecule has 7 nitrogen and oxygen atoms in total. The minimum atomic E-state index is 0.574. The van der Waals surface area contributed by atoms with Crippen molar-refractivity contribution in [3.63, 3.8) is 0 Å². The molecule has 0 saturated carbocycles. The predicted octanol–water partition coefficient (Wildman–Crippen LogP) is 2.34. The first kappa shape index (κ1) is 20.6. The summed E-state index contributed by atoms with van der Waals surface area (Å²) in [5.74, 6) is 2.47. The van der Waals surface area contributed by atoms with Crippen LogP contribution in [-0.4, -0.2) is 61.6 Å². The number of aliphatic imine (C=N–C) groups is 1. The normalized spacial score (nSPS) is 17.4. The maximum atomic E-state index is 5.74. The van der Waals surface area contributed by atoms with Gasteiger partial charge in [0.05, 0.1) is 24.2 Å². The molecule has 1 aromatic carbocycles. The summed E-state index contributed by atoms with van der Waals surface area (Å²) in [6.45, 7) is 10.7. The molecule has 1 aromatic heterocycles. The first-order chi connectivity index (χ1) is 13.8. The number of imidazole rings is 1. The molecule has 1 fully saturated rings. The average Bonchev–Trinajstić information content (AvgIpc) is 3.32. The van der Waals surface area contributed by atoms with Gasteiger partial charge in [-0.15, -0.1) is 0 Å². The van der Waals surface area contributed by atoms with Gasteiger partial charge in [-0.25, -0.2) is 4.98 Å². The molecular formula is C21H33N5O2. The largest absolute Gasteiger partial charge is 0.381 e. The zero-order chi connectivity index (χ0) is 19.6. The van der Waals surface area contributed by atoms with Crippen LogP contribution in [0.15, 0.2) is 29.3 Å². The molecule has 0 radical (unpaired) electrons. The number of nitrogens with one attached hydrogen (secondary N) is 2. The summed E-state index contributed by atoms with van der Waals surface area (Å²) in [6.07, 6.45) is 2.05. The third kappa shape index (κ3) is 5.94. The molecule has 2 heterocycles. The summed E-state index contributed by atoms with van der Waals surface area (Å²) in [7, 11) is 0. The van der Waals surface area contributed by atoms with Gasteiger partial charge >= 0.3 is 0 Å². The quantitative estimate of drug-likeness (QED) is 0.372. The second-order valence-electron chi connectivity index (χ2n) is 7.14. The molecule has 0 bridgehead atoms. The van der Waals surface area contributed by atoms with Crippen LogP contribution in [0.1, 0.15) is 25.6 Å². The highest BCUT2D eigenvalue weighted by atomic mass is 16.5. The molecule has 1 aliphatic heterocycles. The Morgan fingerprint density at radius 3 is 3.07 bits per heavy atom. The number of benzene rings is 1. The van der Waals surface area contributed by atoms with E-state index in [1.54, 1.807) is 0 Å². The second kappa shape index (κ2) is 11.0. The average molecular weight is 388 g/mol. The lowest BCUT2D eigenvalue weighted by Crippen LogP contribution is -2.39. The maximum Gasteiger partial charge on any atom is 0.191 e. The molecule has 1 atom stereocenters. The highest BCUT2D eigenvalue weighted by molar-refractivity contribution is 5.79. The number of aromatic nitrogens is 2. The Morgan fingerprint density at radius 1 is 1.36 bits per heavy atom. The zero-order valence-corrected chi connectivity index (χ0v) is 17.1. The predicted molar refractivity (Wildman–Crippen MR) is 113 cm³/mol. The first-order valence-electron chi connectivity index (χ1n) is 10.4. The fourth-order valence-corrected chi connectivity index (χ4v) is 3.43. The number of hydrogen-bond donors (Lipinski definition) is 2. The van der Waals surface area contributed by atoms with Gasteiger partial charge in [-0.2, -0.15) is 0 Å².